The zero-order chi connectivity index (χ0) is 53.9. The molecular weight excluding hydrogens is 1050 g/mol. The van der Waals surface area contributed by atoms with Gasteiger partial charge in [-0.3, -0.25) is 24.3 Å². The third-order valence-corrected chi connectivity index (χ3v) is 10.1. The normalized spacial score (nSPS) is 9.46. The number of aliphatic hydroxyl groups excluding tert-OH is 3. The Kier molecular flexibility index (Phi) is 32.8. The number of aliphatic carboxylic acids is 1. The fraction of sp³-hybridized carbons (Fsp3) is 0.316. The van der Waals surface area contributed by atoms with Crippen LogP contribution in [0.4, 0.5) is 5.95 Å². The summed E-state index contributed by atoms with van der Waals surface area (Å²) in [6.07, 6.45) is 0.698. The van der Waals surface area contributed by atoms with Crippen molar-refractivity contribution in [3.8, 4) is 0 Å². The SMILES string of the molecule is CC(=O)CC(C)=O.CC(=O)OI(OC(C)=O)c1ccccc1.Cc1cc(C)n2nc(C=O)nc2n1.Cc1cc(C)n2nc(CO)nc2n1.NN=C(N)N.Nc1n[nH]c(CO)n1.O=C(O)CO.O=COO.[HH]. The summed E-state index contributed by atoms with van der Waals surface area (Å²) >= 11 is -2.59. The first-order valence-electron chi connectivity index (χ1n) is 19.1. The molecule has 0 unspecified atom stereocenters. The minimum absolute atomic E-state index is 0. The number of hydrazone groups is 1. The zero-order valence-corrected chi connectivity index (χ0v) is 41.1. The molecule has 31 nitrogen and oxygen atoms in total. The molecular formula is C38H57IN16O15. The summed E-state index contributed by atoms with van der Waals surface area (Å²) in [4.78, 5) is 92.7. The van der Waals surface area contributed by atoms with E-state index in [1.54, 1.807) is 21.2 Å². The number of nitrogens with zero attached hydrogens (tertiary/aromatic N) is 11. The van der Waals surface area contributed by atoms with Crippen molar-refractivity contribution in [2.45, 2.75) is 75.0 Å². The van der Waals surface area contributed by atoms with E-state index in [1.807, 2.05) is 58.0 Å². The molecule has 0 amide bonds. The summed E-state index contributed by atoms with van der Waals surface area (Å²) in [5, 5.41) is 56.0. The van der Waals surface area contributed by atoms with Gasteiger partial charge in [-0.2, -0.15) is 15.0 Å². The maximum Gasteiger partial charge on any atom is 0.330 e. The van der Waals surface area contributed by atoms with Crippen LogP contribution in [-0.4, -0.2) is 135 Å². The molecule has 32 heteroatoms. The molecule has 0 spiro atoms. The fourth-order valence-corrected chi connectivity index (χ4v) is 6.78. The van der Waals surface area contributed by atoms with Crippen LogP contribution in [-0.2, 0) is 53.0 Å². The summed E-state index contributed by atoms with van der Waals surface area (Å²) < 4.78 is 14.0. The molecule has 6 rings (SSSR count). The first kappa shape index (κ1) is 63.9. The molecule has 70 heavy (non-hydrogen) atoms. The van der Waals surface area contributed by atoms with Crippen LogP contribution >= 0.6 is 20.6 Å². The summed E-state index contributed by atoms with van der Waals surface area (Å²) in [5.41, 5.74) is 18.1. The van der Waals surface area contributed by atoms with E-state index in [0.717, 1.165) is 26.3 Å². The summed E-state index contributed by atoms with van der Waals surface area (Å²) in [6, 6.07) is 12.9. The van der Waals surface area contributed by atoms with E-state index in [0.29, 0.717) is 29.5 Å². The van der Waals surface area contributed by atoms with E-state index >= 15 is 0 Å². The van der Waals surface area contributed by atoms with Crippen LogP contribution in [0.2, 0.25) is 0 Å². The Morgan fingerprint density at radius 3 is 1.56 bits per heavy atom. The number of hydrogen-bond acceptors (Lipinski definition) is 25. The van der Waals surface area contributed by atoms with Gasteiger partial charge in [0.2, 0.25) is 17.7 Å². The fourth-order valence-electron chi connectivity index (χ4n) is 4.06. The van der Waals surface area contributed by atoms with Crippen molar-refractivity contribution < 1.29 is 71.7 Å². The van der Waals surface area contributed by atoms with Crippen molar-refractivity contribution in [1.29, 1.82) is 0 Å². The van der Waals surface area contributed by atoms with Crippen LogP contribution in [0.15, 0.2) is 47.6 Å². The van der Waals surface area contributed by atoms with Crippen molar-refractivity contribution in [1.82, 2.24) is 54.3 Å². The number of carbonyl (C=O) groups is 7. The number of carbonyl (C=O) groups excluding carboxylic acids is 6. The summed E-state index contributed by atoms with van der Waals surface area (Å²) in [7, 11) is 0. The molecule has 6 aromatic rings. The number of benzene rings is 1. The Labute approximate surface area is 407 Å². The smallest absolute Gasteiger partial charge is 0.330 e. The van der Waals surface area contributed by atoms with Crippen LogP contribution < -0.4 is 23.0 Å². The van der Waals surface area contributed by atoms with Crippen LogP contribution in [0, 0.1) is 31.3 Å². The van der Waals surface area contributed by atoms with Crippen LogP contribution in [0.5, 0.6) is 0 Å². The molecule has 386 valence electrons. The molecule has 0 aliphatic rings. The van der Waals surface area contributed by atoms with Gasteiger partial charge in [0.05, 0.1) is 6.42 Å². The summed E-state index contributed by atoms with van der Waals surface area (Å²) in [6.45, 7) is 11.9. The monoisotopic (exact) mass is 1100 g/mol. The largest absolute Gasteiger partial charge is 0.480 e. The number of ketones is 2. The topological polar surface area (TPSA) is 492 Å². The predicted octanol–water partition coefficient (Wildman–Crippen LogP) is -0.385. The number of guanidine groups is 1. The van der Waals surface area contributed by atoms with Crippen LogP contribution in [0.3, 0.4) is 0 Å². The van der Waals surface area contributed by atoms with Gasteiger partial charge in [0.1, 0.15) is 31.4 Å². The second kappa shape index (κ2) is 35.9. The number of halogens is 1. The first-order chi connectivity index (χ1) is 32.9. The predicted molar refractivity (Wildman–Crippen MR) is 254 cm³/mol. The minimum atomic E-state index is -2.59. The van der Waals surface area contributed by atoms with E-state index in [9.17, 15) is 24.0 Å². The molecule has 0 saturated heterocycles. The number of aromatic amines is 1. The van der Waals surface area contributed by atoms with Gasteiger partial charge in [0.15, 0.2) is 17.9 Å². The number of anilines is 1. The van der Waals surface area contributed by atoms with Crippen molar-refractivity contribution in [2.24, 2.45) is 22.4 Å². The third kappa shape index (κ3) is 29.4. The number of carboxylic acid groups (broad SMARTS) is 1. The average Bonchev–Trinajstić information content (AvgIpc) is 4.05. The number of nitrogens with two attached hydrogens (primary N) is 4. The Bertz CT molecular complexity index is 2570. The number of hydrogen-bond donors (Lipinski definition) is 10. The van der Waals surface area contributed by atoms with Crippen molar-refractivity contribution >= 4 is 86.3 Å². The molecule has 0 radical (unpaired) electrons. The molecule has 1 aromatic carbocycles. The standard InChI is InChI=1S/C10H11IO4.C8H10N4O.C8H8N4O.C5H8O2.C3H6N4O.C2H4O3.CH6N4.CH2O3.H2/c1-8(12)14-11(15-9(2)13)10-6-4-3-5-7-10;2*1-5-3-6(2)12-8(9-5)10-7(4-13)11-12;1-4(6)3-5(2)7;4-3-5-2(1-8)6-7-3;3-1-2(4)5;2-1(3)5-4;2-1-4-3;/h3-7H,1-2H3;3,13H,4H2,1-2H3;3-4H,1-2H3;3H2,1-2H3;8H,1H2,(H3,4,5,6,7);3H,1H2,(H,4,5);4H2,(H4,2,3,5);1,3H;1H. The molecule has 0 fully saturated rings. The summed E-state index contributed by atoms with van der Waals surface area (Å²) in [5.74, 6) is 4.39. The molecule has 0 aliphatic heterocycles. The first-order valence-corrected chi connectivity index (χ1v) is 22.0. The Balaban J connectivity index is -0.000000773. The quantitative estimate of drug-likeness (QED) is 0.0122. The Hall–Kier alpha value is -8.21. The number of aldehydes is 1. The van der Waals surface area contributed by atoms with Crippen LogP contribution in [0.1, 0.15) is 80.6 Å². The van der Waals surface area contributed by atoms with E-state index in [2.05, 4.69) is 61.1 Å². The number of H-pyrrole nitrogens is 1. The number of fused-ring (bicyclic) bond motifs is 2. The van der Waals surface area contributed by atoms with Gasteiger partial charge in [-0.1, -0.05) is 0 Å². The number of nitrogens with one attached hydrogen (secondary N) is 1. The Morgan fingerprint density at radius 1 is 0.786 bits per heavy atom. The van der Waals surface area contributed by atoms with Crippen molar-refractivity contribution in [3.63, 3.8) is 0 Å². The van der Waals surface area contributed by atoms with Crippen molar-refractivity contribution in [3.05, 3.63) is 86.3 Å². The van der Waals surface area contributed by atoms with Gasteiger partial charge in [0, 0.05) is 24.2 Å². The number of aryl methyl sites for hydroxylation is 4. The average molecular weight is 1100 g/mol. The van der Waals surface area contributed by atoms with Crippen LogP contribution in [0.25, 0.3) is 11.6 Å². The second-order valence-electron chi connectivity index (χ2n) is 12.6. The minimum Gasteiger partial charge on any atom is -0.480 e. The third-order valence-electron chi connectivity index (χ3n) is 6.34. The number of aliphatic hydroxyl groups is 3. The van der Waals surface area contributed by atoms with Gasteiger partial charge in [-0.15, -0.1) is 20.4 Å². The number of carboxylic acids is 1. The molecule has 0 aliphatic carbocycles. The number of rotatable bonds is 10. The van der Waals surface area contributed by atoms with E-state index in [4.69, 9.17) is 58.6 Å². The van der Waals surface area contributed by atoms with Crippen molar-refractivity contribution in [2.75, 3.05) is 12.3 Å². The molecule has 5 heterocycles. The molecule has 0 atom stereocenters. The Morgan fingerprint density at radius 2 is 1.24 bits per heavy atom. The van der Waals surface area contributed by atoms with Gasteiger partial charge in [-0.25, -0.2) is 29.1 Å². The zero-order valence-electron chi connectivity index (χ0n) is 38.9. The second-order valence-corrected chi connectivity index (χ2v) is 16.0. The number of aromatic nitrogens is 11. The molecule has 0 saturated carbocycles. The maximum atomic E-state index is 10.8. The van der Waals surface area contributed by atoms with E-state index in [-0.39, 0.29) is 56.8 Å². The number of Topliss-reactive ketones (excluding diaryl/α,β-unsaturated/α-hetero) is 2. The maximum absolute atomic E-state index is 10.8. The van der Waals surface area contributed by atoms with Gasteiger partial charge < -0.3 is 48.4 Å². The van der Waals surface area contributed by atoms with Gasteiger partial charge in [0.25, 0.3) is 11.6 Å². The van der Waals surface area contributed by atoms with Gasteiger partial charge >= 0.3 is 109 Å². The molecule has 14 N–H and O–H groups in total. The van der Waals surface area contributed by atoms with E-state index < -0.39 is 45.2 Å². The molecule has 0 bridgehead atoms. The molecule has 5 aromatic heterocycles. The number of nitrogen functional groups attached to an aromatic ring is 1. The van der Waals surface area contributed by atoms with Gasteiger partial charge in [-0.05, 0) is 53.7 Å². The van der Waals surface area contributed by atoms with E-state index in [1.165, 1.54) is 27.7 Å².